The van der Waals surface area contributed by atoms with Gasteiger partial charge in [-0.15, -0.1) is 0 Å². The molecule has 0 unspecified atom stereocenters. The molecular formula is C26H26N2O5S. The molecule has 8 heteroatoms. The summed E-state index contributed by atoms with van der Waals surface area (Å²) in [7, 11) is -3.91. The van der Waals surface area contributed by atoms with Crippen LogP contribution >= 0.6 is 0 Å². The van der Waals surface area contributed by atoms with Crippen LogP contribution in [0.15, 0.2) is 65.6 Å². The molecule has 0 atom stereocenters. The molecule has 5 rings (SSSR count). The number of anilines is 1. The molecule has 0 aliphatic carbocycles. The first kappa shape index (κ1) is 22.4. The number of sulfonamides is 1. The Labute approximate surface area is 199 Å². The molecule has 0 saturated carbocycles. The molecule has 2 heterocycles. The highest BCUT2D eigenvalue weighted by molar-refractivity contribution is 7.89. The summed E-state index contributed by atoms with van der Waals surface area (Å²) >= 11 is 0. The third kappa shape index (κ3) is 4.26. The number of nitrogens with one attached hydrogen (secondary N) is 1. The minimum atomic E-state index is -3.91. The van der Waals surface area contributed by atoms with Gasteiger partial charge >= 0.3 is 0 Å². The lowest BCUT2D eigenvalue weighted by molar-refractivity contribution is 0.102. The number of carbonyl (C=O) groups excluding carboxylic acids is 1. The van der Waals surface area contributed by atoms with E-state index in [-0.39, 0.29) is 22.0 Å². The highest BCUT2D eigenvalue weighted by Crippen LogP contribution is 2.42. The molecular weight excluding hydrogens is 452 g/mol. The molecule has 1 saturated heterocycles. The van der Waals surface area contributed by atoms with Crippen molar-refractivity contribution in [1.82, 2.24) is 4.31 Å². The number of ether oxygens (including phenoxy) is 2. The van der Waals surface area contributed by atoms with Gasteiger partial charge < -0.3 is 14.8 Å². The Morgan fingerprint density at radius 3 is 2.47 bits per heavy atom. The molecule has 0 bridgehead atoms. The number of amides is 1. The van der Waals surface area contributed by atoms with E-state index in [2.05, 4.69) is 12.2 Å². The lowest BCUT2D eigenvalue weighted by Crippen LogP contribution is -2.38. The van der Waals surface area contributed by atoms with Crippen LogP contribution < -0.4 is 14.8 Å². The number of carbonyl (C=O) groups is 1. The van der Waals surface area contributed by atoms with E-state index in [1.807, 2.05) is 37.3 Å². The first-order valence-corrected chi connectivity index (χ1v) is 12.8. The zero-order valence-electron chi connectivity index (χ0n) is 19.1. The topological polar surface area (TPSA) is 84.9 Å². The summed E-state index contributed by atoms with van der Waals surface area (Å²) in [4.78, 5) is 13.1. The Bertz CT molecular complexity index is 1350. The van der Waals surface area contributed by atoms with E-state index in [1.165, 1.54) is 16.4 Å². The van der Waals surface area contributed by atoms with Crippen LogP contribution in [0.5, 0.6) is 23.0 Å². The highest BCUT2D eigenvalue weighted by Gasteiger charge is 2.34. The van der Waals surface area contributed by atoms with E-state index < -0.39 is 15.9 Å². The fourth-order valence-electron chi connectivity index (χ4n) is 4.20. The summed E-state index contributed by atoms with van der Waals surface area (Å²) in [6.07, 6.45) is 1.58. The van der Waals surface area contributed by atoms with Gasteiger partial charge in [-0.05, 0) is 61.6 Å². The number of fused-ring (bicyclic) bond motifs is 2. The van der Waals surface area contributed by atoms with Crippen molar-refractivity contribution < 1.29 is 22.7 Å². The number of benzene rings is 3. The molecule has 2 aliphatic rings. The summed E-state index contributed by atoms with van der Waals surface area (Å²) in [5.74, 6) is 1.35. The fourth-order valence-corrected chi connectivity index (χ4v) is 5.79. The van der Waals surface area contributed by atoms with Crippen LogP contribution in [0.4, 0.5) is 5.69 Å². The number of nitrogens with zero attached hydrogens (tertiary/aromatic N) is 1. The number of hydrogen-bond donors (Lipinski definition) is 1. The molecule has 3 aromatic carbocycles. The molecule has 34 heavy (non-hydrogen) atoms. The molecule has 2 aliphatic heterocycles. The second-order valence-electron chi connectivity index (χ2n) is 8.85. The fraction of sp³-hybridized carbons (Fsp3) is 0.269. The minimum Gasteiger partial charge on any atom is -0.456 e. The van der Waals surface area contributed by atoms with Gasteiger partial charge in [0.05, 0.1) is 11.3 Å². The first-order valence-electron chi connectivity index (χ1n) is 11.3. The van der Waals surface area contributed by atoms with E-state index in [0.717, 1.165) is 18.4 Å². The summed E-state index contributed by atoms with van der Waals surface area (Å²) in [6, 6.07) is 17.3. The lowest BCUT2D eigenvalue weighted by atomic mass is 10.0. The number of hydrogen-bond acceptors (Lipinski definition) is 5. The number of para-hydroxylation sites is 1. The SMILES string of the molecule is Cc1ccc2c(c1)NC(=O)c1cc(S(=O)(=O)N3CCC(C)CC3)c(Oc3ccccc3)cc1O2. The maximum Gasteiger partial charge on any atom is 0.259 e. The minimum absolute atomic E-state index is 0.0504. The number of aryl methyl sites for hydroxylation is 1. The van der Waals surface area contributed by atoms with Crippen LogP contribution in [0.3, 0.4) is 0 Å². The van der Waals surface area contributed by atoms with Gasteiger partial charge in [0.1, 0.15) is 16.4 Å². The summed E-state index contributed by atoms with van der Waals surface area (Å²) in [6.45, 7) is 4.90. The average molecular weight is 479 g/mol. The lowest BCUT2D eigenvalue weighted by Gasteiger charge is -2.30. The predicted molar refractivity (Wildman–Crippen MR) is 129 cm³/mol. The maximum atomic E-state index is 13.7. The van der Waals surface area contributed by atoms with Crippen LogP contribution in [0.2, 0.25) is 0 Å². The summed E-state index contributed by atoms with van der Waals surface area (Å²) < 4.78 is 41.0. The van der Waals surface area contributed by atoms with Gasteiger partial charge in [-0.3, -0.25) is 4.79 Å². The van der Waals surface area contributed by atoms with Crippen molar-refractivity contribution in [3.63, 3.8) is 0 Å². The van der Waals surface area contributed by atoms with Crippen molar-refractivity contribution in [2.45, 2.75) is 31.6 Å². The van der Waals surface area contributed by atoms with E-state index in [0.29, 0.717) is 36.2 Å². The normalized spacial score (nSPS) is 16.6. The van der Waals surface area contributed by atoms with Crippen LogP contribution in [0, 0.1) is 12.8 Å². The van der Waals surface area contributed by atoms with Gasteiger partial charge in [0, 0.05) is 19.2 Å². The molecule has 0 spiro atoms. The second kappa shape index (κ2) is 8.77. The predicted octanol–water partition coefficient (Wildman–Crippen LogP) is 5.57. The highest BCUT2D eigenvalue weighted by atomic mass is 32.2. The smallest absolute Gasteiger partial charge is 0.259 e. The Morgan fingerprint density at radius 1 is 1.00 bits per heavy atom. The van der Waals surface area contributed by atoms with Gasteiger partial charge in [0.2, 0.25) is 10.0 Å². The van der Waals surface area contributed by atoms with Crippen molar-refractivity contribution in [2.24, 2.45) is 5.92 Å². The van der Waals surface area contributed by atoms with Crippen molar-refractivity contribution in [1.29, 1.82) is 0 Å². The van der Waals surface area contributed by atoms with Gasteiger partial charge in [-0.25, -0.2) is 8.42 Å². The maximum absolute atomic E-state index is 13.7. The first-order chi connectivity index (χ1) is 16.3. The molecule has 1 amide bonds. The monoisotopic (exact) mass is 478 g/mol. The van der Waals surface area contributed by atoms with E-state index >= 15 is 0 Å². The van der Waals surface area contributed by atoms with E-state index in [9.17, 15) is 13.2 Å². The van der Waals surface area contributed by atoms with Gasteiger partial charge in [-0.2, -0.15) is 4.31 Å². The molecule has 7 nitrogen and oxygen atoms in total. The Morgan fingerprint density at radius 2 is 1.74 bits per heavy atom. The third-order valence-electron chi connectivity index (χ3n) is 6.23. The molecule has 1 fully saturated rings. The van der Waals surface area contributed by atoms with Crippen LogP contribution in [-0.2, 0) is 10.0 Å². The Hall–Kier alpha value is -3.36. The molecule has 0 aromatic heterocycles. The van der Waals surface area contributed by atoms with E-state index in [1.54, 1.807) is 18.2 Å². The zero-order valence-corrected chi connectivity index (χ0v) is 19.9. The molecule has 1 N–H and O–H groups in total. The molecule has 0 radical (unpaired) electrons. The molecule has 176 valence electrons. The standard InChI is InChI=1S/C26H26N2O5S/c1-17-10-12-28(13-11-17)34(30,31)25-15-20-23(16-24(25)32-19-6-4-3-5-7-19)33-22-9-8-18(2)14-21(22)27-26(20)29/h3-9,14-17H,10-13H2,1-2H3,(H,27,29). The summed E-state index contributed by atoms with van der Waals surface area (Å²) in [5.41, 5.74) is 1.63. The van der Waals surface area contributed by atoms with Crippen molar-refractivity contribution in [2.75, 3.05) is 18.4 Å². The Balaban J connectivity index is 1.63. The molecule has 3 aromatic rings. The Kier molecular flexibility index (Phi) is 5.79. The van der Waals surface area contributed by atoms with Crippen molar-refractivity contribution >= 4 is 21.6 Å². The number of rotatable bonds is 4. The van der Waals surface area contributed by atoms with Gasteiger partial charge in [-0.1, -0.05) is 31.2 Å². The average Bonchev–Trinajstić information content (AvgIpc) is 2.94. The van der Waals surface area contributed by atoms with Crippen molar-refractivity contribution in [3.8, 4) is 23.0 Å². The van der Waals surface area contributed by atoms with Gasteiger partial charge in [0.25, 0.3) is 5.91 Å². The van der Waals surface area contributed by atoms with Crippen molar-refractivity contribution in [3.05, 3.63) is 71.8 Å². The van der Waals surface area contributed by atoms with Crippen LogP contribution in [0.25, 0.3) is 0 Å². The largest absolute Gasteiger partial charge is 0.456 e. The quantitative estimate of drug-likeness (QED) is 0.530. The summed E-state index contributed by atoms with van der Waals surface area (Å²) in [5, 5.41) is 2.84. The second-order valence-corrected chi connectivity index (χ2v) is 10.8. The number of piperidine rings is 1. The van der Waals surface area contributed by atoms with E-state index in [4.69, 9.17) is 9.47 Å². The van der Waals surface area contributed by atoms with Crippen LogP contribution in [-0.4, -0.2) is 31.7 Å². The third-order valence-corrected chi connectivity index (χ3v) is 8.15. The van der Waals surface area contributed by atoms with Gasteiger partial charge in [0.15, 0.2) is 11.5 Å². The zero-order chi connectivity index (χ0) is 23.9. The van der Waals surface area contributed by atoms with Crippen LogP contribution in [0.1, 0.15) is 35.7 Å².